The van der Waals surface area contributed by atoms with Crippen LogP contribution in [0.25, 0.3) is 0 Å². The van der Waals surface area contributed by atoms with Crippen molar-refractivity contribution in [2.45, 2.75) is 6.92 Å². The fourth-order valence-electron chi connectivity index (χ4n) is 1.68. The lowest BCUT2D eigenvalue weighted by Gasteiger charge is -2.16. The molecule has 0 saturated carbocycles. The Morgan fingerprint density at radius 3 is 2.59 bits per heavy atom. The minimum absolute atomic E-state index is 0.154. The highest BCUT2D eigenvalue weighted by Gasteiger charge is 2.24. The molecule has 0 unspecified atom stereocenters. The Kier molecular flexibility index (Phi) is 3.35. The quantitative estimate of drug-likeness (QED) is 0.630. The predicted octanol–water partition coefficient (Wildman–Crippen LogP) is 1.53. The van der Waals surface area contributed by atoms with Gasteiger partial charge in [0.25, 0.3) is 0 Å². The Bertz CT molecular complexity index is 491. The number of ether oxygens (including phenoxy) is 1. The van der Waals surface area contributed by atoms with Gasteiger partial charge in [0, 0.05) is 23.8 Å². The molecule has 4 nitrogen and oxygen atoms in total. The van der Waals surface area contributed by atoms with E-state index >= 15 is 0 Å². The molecule has 17 heavy (non-hydrogen) atoms. The third-order valence-electron chi connectivity index (χ3n) is 2.53. The first-order chi connectivity index (χ1) is 8.24. The number of carbonyl (C=O) groups excluding carboxylic acids is 2. The molecule has 2 rings (SSSR count). The van der Waals surface area contributed by atoms with Crippen LogP contribution in [0.3, 0.4) is 0 Å². The van der Waals surface area contributed by atoms with Gasteiger partial charge in [-0.2, -0.15) is 0 Å². The number of nitrogens with one attached hydrogen (secondary N) is 1. The molecule has 1 aliphatic carbocycles. The molecule has 4 heteroatoms. The first-order valence-electron chi connectivity index (χ1n) is 5.45. The van der Waals surface area contributed by atoms with Crippen LogP contribution in [0.5, 0.6) is 0 Å². The summed E-state index contributed by atoms with van der Waals surface area (Å²) in [6.07, 6.45) is 1.32. The maximum Gasteiger partial charge on any atom is 0.209 e. The van der Waals surface area contributed by atoms with E-state index in [2.05, 4.69) is 5.32 Å². The van der Waals surface area contributed by atoms with E-state index < -0.39 is 0 Å². The molecule has 0 saturated heterocycles. The molecule has 1 aromatic carbocycles. The largest absolute Gasteiger partial charge is 0.362 e. The zero-order valence-electron chi connectivity index (χ0n) is 9.53. The Labute approximate surface area is 99.3 Å². The van der Waals surface area contributed by atoms with Gasteiger partial charge in [-0.25, -0.2) is 0 Å². The van der Waals surface area contributed by atoms with Gasteiger partial charge in [-0.3, -0.25) is 9.59 Å². The lowest BCUT2D eigenvalue weighted by atomic mass is 9.93. The fourth-order valence-corrected chi connectivity index (χ4v) is 1.68. The second kappa shape index (κ2) is 4.93. The highest BCUT2D eigenvalue weighted by Crippen LogP contribution is 2.19. The van der Waals surface area contributed by atoms with Crippen molar-refractivity contribution in [2.24, 2.45) is 0 Å². The van der Waals surface area contributed by atoms with Gasteiger partial charge in [-0.05, 0) is 6.92 Å². The molecule has 0 fully saturated rings. The van der Waals surface area contributed by atoms with Crippen LogP contribution in [-0.2, 0) is 4.74 Å². The number of fused-ring (bicyclic) bond motifs is 1. The number of ketones is 2. The molecule has 0 atom stereocenters. The third-order valence-corrected chi connectivity index (χ3v) is 2.53. The first-order valence-corrected chi connectivity index (χ1v) is 5.45. The Morgan fingerprint density at radius 2 is 1.88 bits per heavy atom. The summed E-state index contributed by atoms with van der Waals surface area (Å²) in [4.78, 5) is 23.8. The Hall–Kier alpha value is -1.94. The minimum Gasteiger partial charge on any atom is -0.362 e. The molecule has 1 aromatic rings. The van der Waals surface area contributed by atoms with Crippen LogP contribution < -0.4 is 5.32 Å². The summed E-state index contributed by atoms with van der Waals surface area (Å²) >= 11 is 0. The summed E-state index contributed by atoms with van der Waals surface area (Å²) in [6, 6.07) is 6.81. The van der Waals surface area contributed by atoms with E-state index in [1.165, 1.54) is 6.08 Å². The summed E-state index contributed by atoms with van der Waals surface area (Å²) < 4.78 is 5.09. The number of hydrogen-bond donors (Lipinski definition) is 1. The van der Waals surface area contributed by atoms with Crippen LogP contribution in [0.4, 0.5) is 0 Å². The van der Waals surface area contributed by atoms with Gasteiger partial charge in [0.1, 0.15) is 6.73 Å². The molecule has 0 radical (unpaired) electrons. The maximum atomic E-state index is 12.0. The average molecular weight is 231 g/mol. The molecule has 0 heterocycles. The zero-order valence-corrected chi connectivity index (χ0v) is 9.53. The Morgan fingerprint density at radius 1 is 1.18 bits per heavy atom. The zero-order chi connectivity index (χ0) is 12.3. The molecule has 0 spiro atoms. The van der Waals surface area contributed by atoms with Crippen molar-refractivity contribution in [2.75, 3.05) is 13.3 Å². The number of Topliss-reactive ketones (excluding diaryl/α,β-unsaturated/α-hetero) is 1. The average Bonchev–Trinajstić information content (AvgIpc) is 2.36. The molecule has 1 aliphatic rings. The van der Waals surface area contributed by atoms with Crippen LogP contribution in [0.1, 0.15) is 27.6 Å². The number of allylic oxidation sites excluding steroid dienone is 2. The van der Waals surface area contributed by atoms with E-state index in [0.29, 0.717) is 23.4 Å². The predicted molar refractivity (Wildman–Crippen MR) is 62.8 cm³/mol. The van der Waals surface area contributed by atoms with Gasteiger partial charge < -0.3 is 10.1 Å². The van der Waals surface area contributed by atoms with E-state index in [4.69, 9.17) is 4.74 Å². The summed E-state index contributed by atoms with van der Waals surface area (Å²) in [5.74, 6) is -0.320. The van der Waals surface area contributed by atoms with Crippen molar-refractivity contribution in [3.63, 3.8) is 0 Å². The van der Waals surface area contributed by atoms with Crippen LogP contribution in [0, 0.1) is 0 Å². The molecule has 88 valence electrons. The van der Waals surface area contributed by atoms with Gasteiger partial charge in [0.15, 0.2) is 5.78 Å². The minimum atomic E-state index is -0.167. The van der Waals surface area contributed by atoms with Crippen molar-refractivity contribution in [1.82, 2.24) is 5.32 Å². The molecule has 0 bridgehead atoms. The molecule has 1 N–H and O–H groups in total. The maximum absolute atomic E-state index is 12.0. The van der Waals surface area contributed by atoms with Crippen molar-refractivity contribution >= 4 is 11.6 Å². The summed E-state index contributed by atoms with van der Waals surface area (Å²) in [5, 5.41) is 2.81. The first kappa shape index (κ1) is 11.5. The smallest absolute Gasteiger partial charge is 0.209 e. The van der Waals surface area contributed by atoms with E-state index in [0.717, 1.165) is 0 Å². The molecule has 0 aromatic heterocycles. The monoisotopic (exact) mass is 231 g/mol. The fraction of sp³-hybridized carbons (Fsp3) is 0.231. The third kappa shape index (κ3) is 2.26. The van der Waals surface area contributed by atoms with E-state index in [1.54, 1.807) is 24.3 Å². The van der Waals surface area contributed by atoms with Gasteiger partial charge >= 0.3 is 0 Å². The standard InChI is InChI=1S/C13H13NO3/c1-2-17-8-14-11-7-12(15)9-5-3-4-6-10(9)13(11)16/h3-7,14H,2,8H2,1H3. The molecule has 0 amide bonds. The van der Waals surface area contributed by atoms with E-state index in [1.807, 2.05) is 6.92 Å². The summed E-state index contributed by atoms with van der Waals surface area (Å²) in [6.45, 7) is 2.64. The summed E-state index contributed by atoms with van der Waals surface area (Å²) in [5.41, 5.74) is 1.20. The number of rotatable bonds is 4. The van der Waals surface area contributed by atoms with Crippen LogP contribution in [-0.4, -0.2) is 24.9 Å². The van der Waals surface area contributed by atoms with E-state index in [-0.39, 0.29) is 18.3 Å². The van der Waals surface area contributed by atoms with Crippen molar-refractivity contribution in [3.8, 4) is 0 Å². The number of hydrogen-bond acceptors (Lipinski definition) is 4. The van der Waals surface area contributed by atoms with Gasteiger partial charge in [-0.1, -0.05) is 24.3 Å². The Balaban J connectivity index is 2.23. The van der Waals surface area contributed by atoms with Gasteiger partial charge in [0.2, 0.25) is 5.78 Å². The van der Waals surface area contributed by atoms with Crippen molar-refractivity contribution < 1.29 is 14.3 Å². The van der Waals surface area contributed by atoms with Crippen LogP contribution in [0.15, 0.2) is 36.0 Å². The SMILES string of the molecule is CCOCNC1=CC(=O)c2ccccc2C1=O. The lowest BCUT2D eigenvalue weighted by molar-refractivity contribution is 0.0953. The second-order valence-corrected chi connectivity index (χ2v) is 3.61. The number of benzene rings is 1. The lowest BCUT2D eigenvalue weighted by Crippen LogP contribution is -2.28. The highest BCUT2D eigenvalue weighted by molar-refractivity contribution is 6.24. The topological polar surface area (TPSA) is 55.4 Å². The van der Waals surface area contributed by atoms with Crippen LogP contribution >= 0.6 is 0 Å². The summed E-state index contributed by atoms with van der Waals surface area (Å²) in [7, 11) is 0. The normalized spacial score (nSPS) is 14.3. The molecular weight excluding hydrogens is 218 g/mol. The number of carbonyl (C=O) groups is 2. The van der Waals surface area contributed by atoms with Gasteiger partial charge in [-0.15, -0.1) is 0 Å². The van der Waals surface area contributed by atoms with Gasteiger partial charge in [0.05, 0.1) is 5.70 Å². The molecular formula is C13H13NO3. The molecule has 0 aliphatic heterocycles. The van der Waals surface area contributed by atoms with Crippen molar-refractivity contribution in [3.05, 3.63) is 47.2 Å². The highest BCUT2D eigenvalue weighted by atomic mass is 16.5. The van der Waals surface area contributed by atoms with E-state index in [9.17, 15) is 9.59 Å². The van der Waals surface area contributed by atoms with Crippen LogP contribution in [0.2, 0.25) is 0 Å². The second-order valence-electron chi connectivity index (χ2n) is 3.61. The van der Waals surface area contributed by atoms with Crippen molar-refractivity contribution in [1.29, 1.82) is 0 Å².